The molecule has 0 aliphatic heterocycles. The first-order chi connectivity index (χ1) is 12.6. The SMILES string of the molecule is C=C.CCOC(=O)CCCOc1ccc(C(=O)c2ccc(C)cc2)cc1. The number of hydrogen-bond acceptors (Lipinski definition) is 4. The van der Waals surface area contributed by atoms with E-state index in [0.29, 0.717) is 42.9 Å². The van der Waals surface area contributed by atoms with Crippen molar-refractivity contribution in [3.63, 3.8) is 0 Å². The molecule has 0 bridgehead atoms. The van der Waals surface area contributed by atoms with E-state index in [1.807, 2.05) is 31.2 Å². The van der Waals surface area contributed by atoms with Crippen LogP contribution in [0.25, 0.3) is 0 Å². The summed E-state index contributed by atoms with van der Waals surface area (Å²) in [5.74, 6) is 0.461. The van der Waals surface area contributed by atoms with Crippen LogP contribution in [-0.2, 0) is 9.53 Å². The predicted octanol–water partition coefficient (Wildman–Crippen LogP) is 4.75. The molecule has 2 aromatic rings. The van der Waals surface area contributed by atoms with Gasteiger partial charge in [0.25, 0.3) is 0 Å². The number of carbonyl (C=O) groups excluding carboxylic acids is 2. The maximum Gasteiger partial charge on any atom is 0.305 e. The van der Waals surface area contributed by atoms with Crippen LogP contribution in [0.4, 0.5) is 0 Å². The standard InChI is InChI=1S/C20H22O4.C2H4/c1-3-23-19(21)5-4-14-24-18-12-10-17(11-13-18)20(22)16-8-6-15(2)7-9-16;1-2/h6-13H,3-5,14H2,1-2H3;1-2H2. The minimum Gasteiger partial charge on any atom is -0.494 e. The first-order valence-electron chi connectivity index (χ1n) is 8.60. The Morgan fingerprint density at radius 2 is 1.46 bits per heavy atom. The lowest BCUT2D eigenvalue weighted by atomic mass is 10.0. The van der Waals surface area contributed by atoms with Crippen LogP contribution in [0.1, 0.15) is 41.3 Å². The molecule has 0 atom stereocenters. The van der Waals surface area contributed by atoms with Gasteiger partial charge in [0.05, 0.1) is 13.2 Å². The van der Waals surface area contributed by atoms with Gasteiger partial charge in [0.15, 0.2) is 5.78 Å². The van der Waals surface area contributed by atoms with E-state index in [4.69, 9.17) is 9.47 Å². The summed E-state index contributed by atoms with van der Waals surface area (Å²) in [6.45, 7) is 10.6. The van der Waals surface area contributed by atoms with E-state index in [9.17, 15) is 9.59 Å². The smallest absolute Gasteiger partial charge is 0.305 e. The van der Waals surface area contributed by atoms with E-state index < -0.39 is 0 Å². The molecule has 2 rings (SSSR count). The molecule has 26 heavy (non-hydrogen) atoms. The number of aryl methyl sites for hydroxylation is 1. The Kier molecular flexibility index (Phi) is 9.47. The fourth-order valence-electron chi connectivity index (χ4n) is 2.21. The topological polar surface area (TPSA) is 52.6 Å². The van der Waals surface area contributed by atoms with Crippen molar-refractivity contribution in [3.05, 3.63) is 78.4 Å². The summed E-state index contributed by atoms with van der Waals surface area (Å²) in [6, 6.07) is 14.6. The third kappa shape index (κ3) is 6.93. The first kappa shape index (κ1) is 21.2. The zero-order chi connectivity index (χ0) is 19.4. The molecule has 0 N–H and O–H groups in total. The van der Waals surface area contributed by atoms with Crippen molar-refractivity contribution in [1.29, 1.82) is 0 Å². The molecule has 0 amide bonds. The quantitative estimate of drug-likeness (QED) is 0.297. The molecule has 0 spiro atoms. The highest BCUT2D eigenvalue weighted by Crippen LogP contribution is 2.16. The van der Waals surface area contributed by atoms with Gasteiger partial charge >= 0.3 is 5.97 Å². The Morgan fingerprint density at radius 1 is 0.923 bits per heavy atom. The van der Waals surface area contributed by atoms with E-state index in [0.717, 1.165) is 5.56 Å². The van der Waals surface area contributed by atoms with Gasteiger partial charge in [-0.1, -0.05) is 29.8 Å². The maximum absolute atomic E-state index is 12.4. The number of rotatable bonds is 8. The van der Waals surface area contributed by atoms with Gasteiger partial charge in [-0.05, 0) is 44.5 Å². The summed E-state index contributed by atoms with van der Waals surface area (Å²) < 4.78 is 10.4. The third-order valence-electron chi connectivity index (χ3n) is 3.53. The normalized spacial score (nSPS) is 9.62. The fraction of sp³-hybridized carbons (Fsp3) is 0.273. The number of hydrogen-bond donors (Lipinski definition) is 0. The van der Waals surface area contributed by atoms with Gasteiger partial charge in [-0.2, -0.15) is 0 Å². The fourth-order valence-corrected chi connectivity index (χ4v) is 2.21. The highest BCUT2D eigenvalue weighted by atomic mass is 16.5. The monoisotopic (exact) mass is 354 g/mol. The van der Waals surface area contributed by atoms with Gasteiger partial charge in [-0.15, -0.1) is 13.2 Å². The maximum atomic E-state index is 12.4. The number of ether oxygens (including phenoxy) is 2. The van der Waals surface area contributed by atoms with Gasteiger partial charge in [0, 0.05) is 17.5 Å². The van der Waals surface area contributed by atoms with Crippen LogP contribution in [0.5, 0.6) is 5.75 Å². The highest BCUT2D eigenvalue weighted by Gasteiger charge is 2.09. The summed E-state index contributed by atoms with van der Waals surface area (Å²) in [7, 11) is 0. The number of benzene rings is 2. The Balaban J connectivity index is 0.00000163. The molecule has 4 nitrogen and oxygen atoms in total. The van der Waals surface area contributed by atoms with Crippen LogP contribution in [0.3, 0.4) is 0 Å². The molecule has 0 saturated heterocycles. The lowest BCUT2D eigenvalue weighted by molar-refractivity contribution is -0.143. The van der Waals surface area contributed by atoms with Crippen LogP contribution in [0, 0.1) is 6.92 Å². The number of ketones is 1. The molecular weight excluding hydrogens is 328 g/mol. The minimum atomic E-state index is -0.208. The molecule has 0 fully saturated rings. The van der Waals surface area contributed by atoms with Gasteiger partial charge in [-0.3, -0.25) is 9.59 Å². The van der Waals surface area contributed by atoms with Gasteiger partial charge in [0.2, 0.25) is 0 Å². The zero-order valence-electron chi connectivity index (χ0n) is 15.5. The second kappa shape index (κ2) is 11.6. The van der Waals surface area contributed by atoms with Crippen LogP contribution in [0.2, 0.25) is 0 Å². The second-order valence-corrected chi connectivity index (χ2v) is 5.48. The van der Waals surface area contributed by atoms with Gasteiger partial charge < -0.3 is 9.47 Å². The molecular formula is C22H26O4. The van der Waals surface area contributed by atoms with Crippen LogP contribution in [-0.4, -0.2) is 25.0 Å². The summed E-state index contributed by atoms with van der Waals surface area (Å²) in [5, 5.41) is 0. The van der Waals surface area contributed by atoms with Crippen LogP contribution < -0.4 is 4.74 Å². The lowest BCUT2D eigenvalue weighted by Gasteiger charge is -2.07. The van der Waals surface area contributed by atoms with Gasteiger partial charge in [0.1, 0.15) is 5.75 Å². The predicted molar refractivity (Wildman–Crippen MR) is 104 cm³/mol. The number of carbonyl (C=O) groups is 2. The van der Waals surface area contributed by atoms with Crippen molar-refractivity contribution >= 4 is 11.8 Å². The lowest BCUT2D eigenvalue weighted by Crippen LogP contribution is -2.07. The summed E-state index contributed by atoms with van der Waals surface area (Å²) in [4.78, 5) is 23.6. The minimum absolute atomic E-state index is 0.0103. The Morgan fingerprint density at radius 3 is 2.00 bits per heavy atom. The molecule has 0 aliphatic rings. The third-order valence-corrected chi connectivity index (χ3v) is 3.53. The van der Waals surface area contributed by atoms with Crippen molar-refractivity contribution in [3.8, 4) is 5.75 Å². The van der Waals surface area contributed by atoms with Crippen molar-refractivity contribution in [2.45, 2.75) is 26.7 Å². The molecule has 2 aromatic carbocycles. The Hall–Kier alpha value is -2.88. The summed E-state index contributed by atoms with van der Waals surface area (Å²) in [5.41, 5.74) is 2.42. The molecule has 0 heterocycles. The molecule has 4 heteroatoms. The van der Waals surface area contributed by atoms with Crippen LogP contribution in [0.15, 0.2) is 61.7 Å². The average molecular weight is 354 g/mol. The summed E-state index contributed by atoms with van der Waals surface area (Å²) >= 11 is 0. The van der Waals surface area contributed by atoms with Crippen molar-refractivity contribution < 1.29 is 19.1 Å². The van der Waals surface area contributed by atoms with Crippen molar-refractivity contribution in [2.75, 3.05) is 13.2 Å². The first-order valence-corrected chi connectivity index (χ1v) is 8.60. The molecule has 138 valence electrons. The van der Waals surface area contributed by atoms with Gasteiger partial charge in [-0.25, -0.2) is 0 Å². The van der Waals surface area contributed by atoms with Crippen LogP contribution >= 0.6 is 0 Å². The summed E-state index contributed by atoms with van der Waals surface area (Å²) in [6.07, 6.45) is 0.945. The average Bonchev–Trinajstić information content (AvgIpc) is 2.68. The Bertz CT molecular complexity index is 687. The molecule has 0 unspecified atom stereocenters. The van der Waals surface area contributed by atoms with E-state index in [2.05, 4.69) is 13.2 Å². The second-order valence-electron chi connectivity index (χ2n) is 5.48. The largest absolute Gasteiger partial charge is 0.494 e. The Labute approximate surface area is 155 Å². The molecule has 0 aromatic heterocycles. The van der Waals surface area contributed by atoms with Crippen molar-refractivity contribution in [1.82, 2.24) is 0 Å². The zero-order valence-corrected chi connectivity index (χ0v) is 15.5. The highest BCUT2D eigenvalue weighted by molar-refractivity contribution is 6.09. The molecule has 0 saturated carbocycles. The molecule has 0 aliphatic carbocycles. The van der Waals surface area contributed by atoms with Crippen molar-refractivity contribution in [2.24, 2.45) is 0 Å². The van der Waals surface area contributed by atoms with E-state index in [1.54, 1.807) is 31.2 Å². The molecule has 0 radical (unpaired) electrons. The van der Waals surface area contributed by atoms with E-state index in [-0.39, 0.29) is 11.8 Å². The van der Waals surface area contributed by atoms with E-state index >= 15 is 0 Å². The van der Waals surface area contributed by atoms with E-state index in [1.165, 1.54) is 0 Å². The number of esters is 1.